The number of allylic oxidation sites excluding steroid dienone is 4. The Morgan fingerprint density at radius 3 is 2.64 bits per heavy atom. The summed E-state index contributed by atoms with van der Waals surface area (Å²) in [6, 6.07) is 1.72. The number of aromatic nitrogens is 2. The maximum absolute atomic E-state index is 12.9. The summed E-state index contributed by atoms with van der Waals surface area (Å²) in [6.07, 6.45) is 5.78. The molecule has 7 heteroatoms. The van der Waals surface area contributed by atoms with E-state index in [4.69, 9.17) is 27.1 Å². The largest absolute Gasteiger partial charge is 0.376 e. The fraction of sp³-hybridized carbons (Fsp3) is 0.619. The molecule has 1 aromatic heterocycles. The Morgan fingerprint density at radius 2 is 2.04 bits per heavy atom. The van der Waals surface area contributed by atoms with Gasteiger partial charge in [0.05, 0.1) is 17.7 Å². The van der Waals surface area contributed by atoms with Crippen LogP contribution in [0.4, 0.5) is 5.82 Å². The molecule has 0 unspecified atom stereocenters. The molecule has 1 aromatic rings. The van der Waals surface area contributed by atoms with Crippen molar-refractivity contribution in [2.24, 2.45) is 11.1 Å². The van der Waals surface area contributed by atoms with Crippen molar-refractivity contribution in [2.45, 2.75) is 58.6 Å². The van der Waals surface area contributed by atoms with Gasteiger partial charge < -0.3 is 15.4 Å². The van der Waals surface area contributed by atoms with Crippen molar-refractivity contribution in [3.63, 3.8) is 0 Å². The SMILES string of the molecule is CC1=CCCC(n2c(C)nc(N3CCC4(CC3)CO[C@@H](C)[C@H]4N)cc2=O)=C1Cl. The van der Waals surface area contributed by atoms with Gasteiger partial charge in [-0.05, 0) is 52.0 Å². The van der Waals surface area contributed by atoms with Gasteiger partial charge in [0, 0.05) is 36.3 Å². The normalized spacial score (nSPS) is 27.5. The Hall–Kier alpha value is -1.63. The smallest absolute Gasteiger partial charge is 0.259 e. The molecule has 0 saturated carbocycles. The summed E-state index contributed by atoms with van der Waals surface area (Å²) in [6.45, 7) is 8.32. The van der Waals surface area contributed by atoms with E-state index in [-0.39, 0.29) is 23.1 Å². The minimum Gasteiger partial charge on any atom is -0.376 e. The van der Waals surface area contributed by atoms with Crippen molar-refractivity contribution in [3.8, 4) is 0 Å². The predicted molar refractivity (Wildman–Crippen MR) is 113 cm³/mol. The van der Waals surface area contributed by atoms with E-state index in [1.54, 1.807) is 10.6 Å². The van der Waals surface area contributed by atoms with Crippen LogP contribution in [0.1, 0.15) is 45.4 Å². The lowest BCUT2D eigenvalue weighted by Crippen LogP contribution is -2.51. The molecule has 2 aliphatic heterocycles. The molecule has 28 heavy (non-hydrogen) atoms. The van der Waals surface area contributed by atoms with Gasteiger partial charge in [-0.1, -0.05) is 17.7 Å². The lowest BCUT2D eigenvalue weighted by Gasteiger charge is -2.41. The number of halogens is 1. The van der Waals surface area contributed by atoms with Gasteiger partial charge in [0.15, 0.2) is 0 Å². The summed E-state index contributed by atoms with van der Waals surface area (Å²) in [7, 11) is 0. The zero-order valence-electron chi connectivity index (χ0n) is 16.9. The Labute approximate surface area is 171 Å². The standard InChI is InChI=1S/C21H29ClN4O2/c1-13-5-4-6-16(19(13)22)26-15(3)24-17(11-18(26)27)25-9-7-21(8-10-25)12-28-14(2)20(21)23/h5,11,14,20H,4,6-10,12,23H2,1-3H3/t14-,20+/m0/s1. The van der Waals surface area contributed by atoms with E-state index in [0.717, 1.165) is 62.5 Å². The van der Waals surface area contributed by atoms with E-state index in [2.05, 4.69) is 17.9 Å². The maximum Gasteiger partial charge on any atom is 0.259 e. The van der Waals surface area contributed by atoms with Crippen LogP contribution < -0.4 is 16.2 Å². The number of hydrogen-bond donors (Lipinski definition) is 1. The second-order valence-electron chi connectivity index (χ2n) is 8.41. The van der Waals surface area contributed by atoms with Crippen molar-refractivity contribution in [1.82, 2.24) is 9.55 Å². The summed E-state index contributed by atoms with van der Waals surface area (Å²) >= 11 is 6.48. The molecular formula is C21H29ClN4O2. The quantitative estimate of drug-likeness (QED) is 0.820. The van der Waals surface area contributed by atoms with Crippen LogP contribution in [0.5, 0.6) is 0 Å². The highest BCUT2D eigenvalue weighted by atomic mass is 35.5. The Balaban J connectivity index is 1.58. The number of anilines is 1. The molecule has 1 aliphatic carbocycles. The molecule has 0 bridgehead atoms. The lowest BCUT2D eigenvalue weighted by molar-refractivity contribution is 0.0974. The van der Waals surface area contributed by atoms with E-state index in [0.29, 0.717) is 10.9 Å². The van der Waals surface area contributed by atoms with Crippen molar-refractivity contribution in [2.75, 3.05) is 24.6 Å². The second-order valence-corrected chi connectivity index (χ2v) is 8.79. The predicted octanol–water partition coefficient (Wildman–Crippen LogP) is 3.03. The third-order valence-corrected chi connectivity index (χ3v) is 7.22. The number of nitrogens with two attached hydrogens (primary N) is 1. The van der Waals surface area contributed by atoms with Crippen LogP contribution >= 0.6 is 11.6 Å². The van der Waals surface area contributed by atoms with Crippen LogP contribution in [0.2, 0.25) is 0 Å². The number of hydrogen-bond acceptors (Lipinski definition) is 5. The topological polar surface area (TPSA) is 73.4 Å². The Bertz CT molecular complexity index is 896. The van der Waals surface area contributed by atoms with Gasteiger partial charge in [-0.3, -0.25) is 9.36 Å². The van der Waals surface area contributed by atoms with Gasteiger partial charge in [0.1, 0.15) is 11.6 Å². The molecule has 152 valence electrons. The van der Waals surface area contributed by atoms with Gasteiger partial charge in [0.2, 0.25) is 0 Å². The summed E-state index contributed by atoms with van der Waals surface area (Å²) in [5, 5.41) is 0.662. The fourth-order valence-corrected chi connectivity index (χ4v) is 5.05. The number of ether oxygens (including phenoxy) is 1. The number of aryl methyl sites for hydroxylation is 1. The molecular weight excluding hydrogens is 376 g/mol. The first-order chi connectivity index (χ1) is 13.3. The van der Waals surface area contributed by atoms with Crippen LogP contribution in [-0.4, -0.2) is 41.4 Å². The summed E-state index contributed by atoms with van der Waals surface area (Å²) in [5.41, 5.74) is 8.27. The third kappa shape index (κ3) is 3.21. The highest BCUT2D eigenvalue weighted by Crippen LogP contribution is 2.41. The first-order valence-electron chi connectivity index (χ1n) is 10.1. The zero-order chi connectivity index (χ0) is 20.1. The van der Waals surface area contributed by atoms with Crippen LogP contribution in [0.25, 0.3) is 5.70 Å². The average molecular weight is 405 g/mol. The van der Waals surface area contributed by atoms with Crippen molar-refractivity contribution in [1.29, 1.82) is 0 Å². The molecule has 2 atom stereocenters. The molecule has 2 N–H and O–H groups in total. The van der Waals surface area contributed by atoms with Gasteiger partial charge in [0.25, 0.3) is 5.56 Å². The lowest BCUT2D eigenvalue weighted by atomic mass is 9.73. The molecule has 3 heterocycles. The van der Waals surface area contributed by atoms with Crippen molar-refractivity contribution >= 4 is 23.1 Å². The molecule has 4 rings (SSSR count). The van der Waals surface area contributed by atoms with Gasteiger partial charge in [-0.25, -0.2) is 4.98 Å². The molecule has 2 saturated heterocycles. The summed E-state index contributed by atoms with van der Waals surface area (Å²) in [4.78, 5) is 19.9. The molecule has 3 aliphatic rings. The number of nitrogens with zero attached hydrogens (tertiary/aromatic N) is 3. The van der Waals surface area contributed by atoms with Crippen LogP contribution in [0.3, 0.4) is 0 Å². The van der Waals surface area contributed by atoms with Crippen LogP contribution in [0, 0.1) is 12.3 Å². The second kappa shape index (κ2) is 7.32. The monoisotopic (exact) mass is 404 g/mol. The zero-order valence-corrected chi connectivity index (χ0v) is 17.6. The van der Waals surface area contributed by atoms with E-state index in [9.17, 15) is 4.79 Å². The number of piperidine rings is 1. The number of rotatable bonds is 2. The highest BCUT2D eigenvalue weighted by molar-refractivity contribution is 6.34. The van der Waals surface area contributed by atoms with Crippen molar-refractivity contribution < 1.29 is 4.74 Å². The van der Waals surface area contributed by atoms with Gasteiger partial charge in [-0.2, -0.15) is 0 Å². The minimum atomic E-state index is -0.0693. The molecule has 0 amide bonds. The van der Waals surface area contributed by atoms with Crippen LogP contribution in [-0.2, 0) is 4.74 Å². The molecule has 2 fully saturated rings. The van der Waals surface area contributed by atoms with E-state index in [1.807, 2.05) is 13.8 Å². The van der Waals surface area contributed by atoms with Crippen LogP contribution in [0.15, 0.2) is 27.5 Å². The molecule has 0 radical (unpaired) electrons. The maximum atomic E-state index is 12.9. The minimum absolute atomic E-state index is 0.0598. The van der Waals surface area contributed by atoms with Crippen molar-refractivity contribution in [3.05, 3.63) is 38.9 Å². The summed E-state index contributed by atoms with van der Waals surface area (Å²) in [5.74, 6) is 1.43. The first kappa shape index (κ1) is 19.7. The highest BCUT2D eigenvalue weighted by Gasteiger charge is 2.47. The van der Waals surface area contributed by atoms with E-state index >= 15 is 0 Å². The van der Waals surface area contributed by atoms with E-state index < -0.39 is 0 Å². The third-order valence-electron chi connectivity index (χ3n) is 6.70. The fourth-order valence-electron chi connectivity index (χ4n) is 4.79. The van der Waals surface area contributed by atoms with Gasteiger partial charge >= 0.3 is 0 Å². The summed E-state index contributed by atoms with van der Waals surface area (Å²) < 4.78 is 7.47. The first-order valence-corrected chi connectivity index (χ1v) is 10.5. The average Bonchev–Trinajstić information content (AvgIpc) is 2.94. The van der Waals surface area contributed by atoms with Gasteiger partial charge in [-0.15, -0.1) is 0 Å². The Morgan fingerprint density at radius 1 is 1.32 bits per heavy atom. The molecule has 1 spiro atoms. The van der Waals surface area contributed by atoms with E-state index in [1.165, 1.54) is 0 Å². The molecule has 0 aromatic carbocycles. The Kier molecular flexibility index (Phi) is 5.14. The molecule has 6 nitrogen and oxygen atoms in total.